The Morgan fingerprint density at radius 3 is 2.41 bits per heavy atom. The van der Waals surface area contributed by atoms with Crippen LogP contribution in [0.25, 0.3) is 16.8 Å². The van der Waals surface area contributed by atoms with E-state index in [0.717, 1.165) is 25.6 Å². The third-order valence-corrected chi connectivity index (χ3v) is 6.79. The van der Waals surface area contributed by atoms with E-state index in [-0.39, 0.29) is 18.1 Å². The predicted molar refractivity (Wildman–Crippen MR) is 152 cm³/mol. The van der Waals surface area contributed by atoms with E-state index in [1.165, 1.54) is 10.3 Å². The van der Waals surface area contributed by atoms with Crippen LogP contribution in [-0.4, -0.2) is 23.4 Å². The molecule has 4 aromatic rings. The van der Waals surface area contributed by atoms with Crippen molar-refractivity contribution in [3.63, 3.8) is 0 Å². The van der Waals surface area contributed by atoms with Crippen molar-refractivity contribution in [3.8, 4) is 11.5 Å². The minimum Gasteiger partial charge on any atom is -0.490 e. The summed E-state index contributed by atoms with van der Waals surface area (Å²) in [6.07, 6.45) is 1.67. The first-order valence-corrected chi connectivity index (χ1v) is 13.0. The van der Waals surface area contributed by atoms with Gasteiger partial charge in [0.2, 0.25) is 0 Å². The smallest absolute Gasteiger partial charge is 0.329 e. The second-order valence-corrected chi connectivity index (χ2v) is 9.76. The van der Waals surface area contributed by atoms with Crippen molar-refractivity contribution in [1.29, 1.82) is 0 Å². The minimum absolute atomic E-state index is 0.214. The number of ether oxygens (including phenoxy) is 2. The third-order valence-electron chi connectivity index (χ3n) is 5.99. The Hall–Kier alpha value is -3.85. The zero-order chi connectivity index (χ0) is 25.8. The molecule has 186 valence electrons. The molecule has 3 amide bonds. The lowest BCUT2D eigenvalue weighted by Crippen LogP contribution is -2.30. The van der Waals surface area contributed by atoms with Crippen molar-refractivity contribution in [2.24, 2.45) is 0 Å². The number of urea groups is 1. The molecule has 1 saturated heterocycles. The van der Waals surface area contributed by atoms with E-state index in [4.69, 9.17) is 9.47 Å². The number of amides is 3. The van der Waals surface area contributed by atoms with Gasteiger partial charge in [-0.1, -0.05) is 66.7 Å². The molecule has 1 heterocycles. The number of fused-ring (bicyclic) bond motifs is 1. The van der Waals surface area contributed by atoms with Gasteiger partial charge in [0, 0.05) is 0 Å². The monoisotopic (exact) mass is 604 g/mol. The molecule has 0 aliphatic carbocycles. The van der Waals surface area contributed by atoms with Crippen molar-refractivity contribution in [2.45, 2.75) is 20.1 Å². The standard InChI is InChI=1S/C30H25IN2O4/c1-2-36-27-17-22(16-26-29(34)33(30(35)32-26)18-20-8-4-3-5-9-20)15-25(31)28(27)37-19-21-12-13-23-10-6-7-11-24(23)14-21/h3-17H,2,18-19H2,1H3,(H,32,35)/b26-16+. The van der Waals surface area contributed by atoms with Gasteiger partial charge >= 0.3 is 6.03 Å². The zero-order valence-corrected chi connectivity index (χ0v) is 22.4. The van der Waals surface area contributed by atoms with E-state index >= 15 is 0 Å². The summed E-state index contributed by atoms with van der Waals surface area (Å²) in [5, 5.41) is 5.04. The quantitative estimate of drug-likeness (QED) is 0.141. The summed E-state index contributed by atoms with van der Waals surface area (Å²) in [5.74, 6) is 0.864. The number of nitrogens with one attached hydrogen (secondary N) is 1. The van der Waals surface area contributed by atoms with Crippen LogP contribution in [0.3, 0.4) is 0 Å². The van der Waals surface area contributed by atoms with E-state index < -0.39 is 6.03 Å². The Morgan fingerprint density at radius 2 is 1.62 bits per heavy atom. The molecular weight excluding hydrogens is 579 g/mol. The van der Waals surface area contributed by atoms with Crippen LogP contribution in [0, 0.1) is 3.57 Å². The molecule has 7 heteroatoms. The molecule has 0 atom stereocenters. The fourth-order valence-corrected chi connectivity index (χ4v) is 4.99. The van der Waals surface area contributed by atoms with E-state index in [1.54, 1.807) is 6.08 Å². The molecule has 6 nitrogen and oxygen atoms in total. The molecule has 5 rings (SSSR count). The summed E-state index contributed by atoms with van der Waals surface area (Å²) < 4.78 is 12.9. The van der Waals surface area contributed by atoms with Gasteiger partial charge < -0.3 is 14.8 Å². The van der Waals surface area contributed by atoms with Crippen molar-refractivity contribution >= 4 is 51.4 Å². The summed E-state index contributed by atoms with van der Waals surface area (Å²) in [7, 11) is 0. The second kappa shape index (κ2) is 11.0. The van der Waals surface area contributed by atoms with Gasteiger partial charge in [-0.05, 0) is 81.3 Å². The predicted octanol–water partition coefficient (Wildman–Crippen LogP) is 6.52. The molecule has 1 N–H and O–H groups in total. The molecule has 4 aromatic carbocycles. The van der Waals surface area contributed by atoms with Crippen LogP contribution in [0.4, 0.5) is 4.79 Å². The van der Waals surface area contributed by atoms with Crippen LogP contribution in [0.5, 0.6) is 11.5 Å². The summed E-state index contributed by atoms with van der Waals surface area (Å²) in [4.78, 5) is 26.6. The molecule has 0 radical (unpaired) electrons. The highest BCUT2D eigenvalue weighted by Gasteiger charge is 2.33. The number of rotatable bonds is 8. The Kier molecular flexibility index (Phi) is 7.41. The molecule has 1 aliphatic rings. The van der Waals surface area contributed by atoms with Crippen molar-refractivity contribution < 1.29 is 19.1 Å². The fourth-order valence-electron chi connectivity index (χ4n) is 4.21. The maximum atomic E-state index is 13.0. The minimum atomic E-state index is -0.435. The summed E-state index contributed by atoms with van der Waals surface area (Å²) in [6.45, 7) is 2.98. The average molecular weight is 604 g/mol. The summed E-state index contributed by atoms with van der Waals surface area (Å²) >= 11 is 2.21. The van der Waals surface area contributed by atoms with E-state index in [0.29, 0.717) is 24.7 Å². The molecule has 0 unspecified atom stereocenters. The van der Waals surface area contributed by atoms with Crippen LogP contribution in [0.15, 0.2) is 90.6 Å². The summed E-state index contributed by atoms with van der Waals surface area (Å²) in [6, 6.07) is 27.2. The zero-order valence-electron chi connectivity index (χ0n) is 20.2. The topological polar surface area (TPSA) is 67.9 Å². The number of hydrogen-bond donors (Lipinski definition) is 1. The lowest BCUT2D eigenvalue weighted by molar-refractivity contribution is -0.123. The van der Waals surface area contributed by atoms with Gasteiger partial charge in [-0.2, -0.15) is 0 Å². The average Bonchev–Trinajstić information content (AvgIpc) is 3.16. The van der Waals surface area contributed by atoms with Crippen LogP contribution in [0.2, 0.25) is 0 Å². The van der Waals surface area contributed by atoms with Crippen molar-refractivity contribution in [1.82, 2.24) is 10.2 Å². The van der Waals surface area contributed by atoms with Crippen LogP contribution >= 0.6 is 22.6 Å². The van der Waals surface area contributed by atoms with Gasteiger partial charge in [0.05, 0.1) is 16.7 Å². The van der Waals surface area contributed by atoms with Gasteiger partial charge in [0.15, 0.2) is 11.5 Å². The van der Waals surface area contributed by atoms with Crippen molar-refractivity contribution in [2.75, 3.05) is 6.61 Å². The number of carbonyl (C=O) groups is 2. The number of nitrogens with zero attached hydrogens (tertiary/aromatic N) is 1. The van der Waals surface area contributed by atoms with E-state index in [9.17, 15) is 9.59 Å². The van der Waals surface area contributed by atoms with Gasteiger partial charge in [-0.3, -0.25) is 9.69 Å². The first-order valence-electron chi connectivity index (χ1n) is 12.0. The van der Waals surface area contributed by atoms with Crippen molar-refractivity contribution in [3.05, 3.63) is 111 Å². The lowest BCUT2D eigenvalue weighted by Gasteiger charge is -2.15. The molecule has 0 saturated carbocycles. The molecule has 0 spiro atoms. The Labute approximate surface area is 229 Å². The molecule has 1 aliphatic heterocycles. The lowest BCUT2D eigenvalue weighted by atomic mass is 10.1. The Morgan fingerprint density at radius 1 is 0.865 bits per heavy atom. The molecule has 0 bridgehead atoms. The largest absolute Gasteiger partial charge is 0.490 e. The highest BCUT2D eigenvalue weighted by atomic mass is 127. The Bertz CT molecular complexity index is 1500. The normalized spacial score (nSPS) is 14.3. The van der Waals surface area contributed by atoms with Crippen LogP contribution in [-0.2, 0) is 17.9 Å². The molecular formula is C30H25IN2O4. The number of benzene rings is 4. The van der Waals surface area contributed by atoms with Gasteiger partial charge in [0.25, 0.3) is 5.91 Å². The second-order valence-electron chi connectivity index (χ2n) is 8.60. The maximum absolute atomic E-state index is 13.0. The van der Waals surface area contributed by atoms with Crippen LogP contribution in [0.1, 0.15) is 23.6 Å². The van der Waals surface area contributed by atoms with Crippen LogP contribution < -0.4 is 14.8 Å². The Balaban J connectivity index is 1.36. The summed E-state index contributed by atoms with van der Waals surface area (Å²) in [5.41, 5.74) is 2.90. The van der Waals surface area contributed by atoms with Gasteiger partial charge in [-0.25, -0.2) is 4.79 Å². The first kappa shape index (κ1) is 24.8. The van der Waals surface area contributed by atoms with Gasteiger partial charge in [-0.15, -0.1) is 0 Å². The van der Waals surface area contributed by atoms with E-state index in [2.05, 4.69) is 58.2 Å². The third kappa shape index (κ3) is 5.61. The number of carbonyl (C=O) groups excluding carboxylic acids is 2. The highest BCUT2D eigenvalue weighted by Crippen LogP contribution is 2.36. The molecule has 37 heavy (non-hydrogen) atoms. The maximum Gasteiger partial charge on any atom is 0.329 e. The SMILES string of the molecule is CCOc1cc(/C=C2/NC(=O)N(Cc3ccccc3)C2=O)cc(I)c1OCc1ccc2ccccc2c1. The molecule has 0 aromatic heterocycles. The van der Waals surface area contributed by atoms with E-state index in [1.807, 2.05) is 61.5 Å². The number of hydrogen-bond acceptors (Lipinski definition) is 4. The fraction of sp³-hybridized carbons (Fsp3) is 0.133. The van der Waals surface area contributed by atoms with Gasteiger partial charge in [0.1, 0.15) is 12.3 Å². The first-order chi connectivity index (χ1) is 18.0. The molecule has 1 fully saturated rings. The highest BCUT2D eigenvalue weighted by molar-refractivity contribution is 14.1. The number of imide groups is 1. The number of halogens is 1.